The molecular weight excluding hydrogens is 546 g/mol. The van der Waals surface area contributed by atoms with Crippen LogP contribution in [-0.4, -0.2) is 5.43 Å². The quantitative estimate of drug-likeness (QED) is 0.256. The Bertz CT molecular complexity index is 980. The molecule has 4 rings (SSSR count). The molecule has 2 aliphatic rings. The van der Waals surface area contributed by atoms with E-state index in [2.05, 4.69) is 106 Å². The number of hydrogen-bond acceptors (Lipinski definition) is 0. The second kappa shape index (κ2) is 6.54. The Morgan fingerprint density at radius 1 is 0.808 bits per heavy atom. The second-order valence-electron chi connectivity index (χ2n) is 8.05. The van der Waals surface area contributed by atoms with Crippen molar-refractivity contribution in [3.63, 3.8) is 0 Å². The van der Waals surface area contributed by atoms with E-state index in [9.17, 15) is 0 Å². The average molecular weight is 570 g/mol. The molecule has 26 heavy (non-hydrogen) atoms. The Hall–Kier alpha value is 0.0400. The summed E-state index contributed by atoms with van der Waals surface area (Å²) >= 11 is -0.973. The third-order valence-electron chi connectivity index (χ3n) is 6.30. The molecule has 0 saturated heterocycles. The maximum absolute atomic E-state index is 8.15. The van der Waals surface area contributed by atoms with Gasteiger partial charge in [-0.25, -0.2) is 0 Å². The summed E-state index contributed by atoms with van der Waals surface area (Å²) in [5.74, 6) is 0. The van der Waals surface area contributed by atoms with Crippen LogP contribution in [-0.2, 0) is 12.0 Å². The molecule has 0 N–H and O–H groups in total. The SMILES string of the molecule is CC1=Cc2ccccc2[CH]1[Zr]([Cl])([I])([CH]1C(C)=Cc2ccccc21)=[Si](C)C. The van der Waals surface area contributed by atoms with Crippen LogP contribution in [0.15, 0.2) is 59.7 Å². The summed E-state index contributed by atoms with van der Waals surface area (Å²) in [7, 11) is 8.15. The van der Waals surface area contributed by atoms with Crippen LogP contribution in [0.1, 0.15) is 43.4 Å². The van der Waals surface area contributed by atoms with E-state index < -0.39 is 17.4 Å². The molecule has 0 spiro atoms. The van der Waals surface area contributed by atoms with Crippen LogP contribution in [0.5, 0.6) is 0 Å². The van der Waals surface area contributed by atoms with Crippen molar-refractivity contribution in [2.75, 3.05) is 0 Å². The van der Waals surface area contributed by atoms with Gasteiger partial charge in [-0.3, -0.25) is 0 Å². The van der Waals surface area contributed by atoms with Gasteiger partial charge in [-0.05, 0) is 0 Å². The summed E-state index contributed by atoms with van der Waals surface area (Å²) in [5, 5.41) is 0. The molecule has 0 heterocycles. The van der Waals surface area contributed by atoms with E-state index in [1.807, 2.05) is 0 Å². The van der Waals surface area contributed by atoms with Crippen LogP contribution in [0.4, 0.5) is 0 Å². The van der Waals surface area contributed by atoms with Gasteiger partial charge in [0.2, 0.25) is 0 Å². The third kappa shape index (κ3) is 2.60. The summed E-state index contributed by atoms with van der Waals surface area (Å²) in [6.07, 6.45) is 4.78. The molecule has 0 amide bonds. The number of rotatable bonds is 2. The monoisotopic (exact) mass is 568 g/mol. The summed E-state index contributed by atoms with van der Waals surface area (Å²) in [6, 6.07) is 17.8. The predicted molar refractivity (Wildman–Crippen MR) is 123 cm³/mol. The molecule has 2 atom stereocenters. The van der Waals surface area contributed by atoms with E-state index in [1.165, 1.54) is 33.4 Å². The zero-order chi connectivity index (χ0) is 18.7. The van der Waals surface area contributed by atoms with Gasteiger partial charge >= 0.3 is 172 Å². The molecule has 4 heteroatoms. The molecule has 2 aromatic carbocycles. The molecule has 0 nitrogen and oxygen atoms in total. The van der Waals surface area contributed by atoms with Crippen molar-refractivity contribution in [2.24, 2.45) is 0 Å². The van der Waals surface area contributed by atoms with Gasteiger partial charge in [0.1, 0.15) is 0 Å². The van der Waals surface area contributed by atoms with Crippen LogP contribution < -0.4 is 0 Å². The van der Waals surface area contributed by atoms with Crippen molar-refractivity contribution < 1.29 is 12.0 Å². The molecule has 0 bridgehead atoms. The number of hydrogen-bond donors (Lipinski definition) is 0. The van der Waals surface area contributed by atoms with Crippen LogP contribution >= 0.6 is 26.6 Å². The van der Waals surface area contributed by atoms with Crippen molar-refractivity contribution in [3.8, 4) is 0 Å². The number of benzene rings is 2. The van der Waals surface area contributed by atoms with Gasteiger partial charge in [-0.1, -0.05) is 0 Å². The van der Waals surface area contributed by atoms with Gasteiger partial charge in [0.05, 0.1) is 0 Å². The van der Waals surface area contributed by atoms with Crippen LogP contribution in [0.2, 0.25) is 13.1 Å². The van der Waals surface area contributed by atoms with Crippen LogP contribution in [0, 0.1) is 0 Å². The first-order chi connectivity index (χ1) is 12.2. The van der Waals surface area contributed by atoms with E-state index in [-0.39, 0.29) is 0 Å². The first kappa shape index (κ1) is 19.4. The molecule has 0 saturated carbocycles. The molecule has 0 fully saturated rings. The minimum absolute atomic E-state index is 0.429. The van der Waals surface area contributed by atoms with Crippen LogP contribution in [0.25, 0.3) is 12.2 Å². The standard InChI is InChI=1S/2C10H9.C2H6Si.ClH.HI.Zr/c2*1-8-6-9-4-2-3-5-10(9)7-8;1-3-2;;;/h2*2-7H,1H3;1-2H3;2*1H;/q;;;;;+2/p-2. The molecule has 2 aromatic rings. The van der Waals surface area contributed by atoms with Crippen molar-refractivity contribution in [1.29, 1.82) is 0 Å². The van der Waals surface area contributed by atoms with Gasteiger partial charge in [-0.15, -0.1) is 0 Å². The first-order valence-corrected chi connectivity index (χ1v) is 28.7. The van der Waals surface area contributed by atoms with Gasteiger partial charge in [0, 0.05) is 0 Å². The summed E-state index contributed by atoms with van der Waals surface area (Å²) in [5.41, 5.74) is 7.96. The second-order valence-corrected chi connectivity index (χ2v) is 62.5. The van der Waals surface area contributed by atoms with E-state index in [0.29, 0.717) is 7.25 Å². The topological polar surface area (TPSA) is 0 Å². The molecule has 2 aliphatic carbocycles. The van der Waals surface area contributed by atoms with Gasteiger partial charge < -0.3 is 0 Å². The summed E-state index contributed by atoms with van der Waals surface area (Å²) in [6.45, 7) is 9.56. The number of fused-ring (bicyclic) bond motifs is 2. The Kier molecular flexibility index (Phi) is 4.87. The Morgan fingerprint density at radius 3 is 1.58 bits per heavy atom. The fraction of sp³-hybridized carbons (Fsp3) is 0.273. The molecule has 0 radical (unpaired) electrons. The first-order valence-electron chi connectivity index (χ1n) is 9.17. The van der Waals surface area contributed by atoms with Crippen molar-refractivity contribution in [1.82, 2.24) is 0 Å². The van der Waals surface area contributed by atoms with E-state index in [0.717, 1.165) is 0 Å². The van der Waals surface area contributed by atoms with E-state index in [1.54, 1.807) is 0 Å². The zero-order valence-electron chi connectivity index (χ0n) is 15.7. The van der Waals surface area contributed by atoms with E-state index >= 15 is 0 Å². The fourth-order valence-electron chi connectivity index (χ4n) is 5.11. The summed E-state index contributed by atoms with van der Waals surface area (Å²) < 4.78 is 0.858. The van der Waals surface area contributed by atoms with Crippen molar-refractivity contribution in [3.05, 3.63) is 81.9 Å². The van der Waals surface area contributed by atoms with Gasteiger partial charge in [0.15, 0.2) is 0 Å². The maximum atomic E-state index is 8.15. The number of halogens is 2. The normalized spacial score (nSPS) is 21.8. The third-order valence-corrected chi connectivity index (χ3v) is 70.5. The zero-order valence-corrected chi connectivity index (χ0v) is 22.1. The van der Waals surface area contributed by atoms with Gasteiger partial charge in [-0.2, -0.15) is 0 Å². The average Bonchev–Trinajstić information content (AvgIpc) is 3.10. The molecule has 134 valence electrons. The number of allylic oxidation sites excluding steroid dienone is 2. The Morgan fingerprint density at radius 2 is 1.19 bits per heavy atom. The molecule has 0 aliphatic heterocycles. The fourth-order valence-corrected chi connectivity index (χ4v) is 41.9. The molecular formula is C22H24ClISiZr. The van der Waals surface area contributed by atoms with Crippen molar-refractivity contribution in [2.45, 2.75) is 34.2 Å². The summed E-state index contributed by atoms with van der Waals surface area (Å²) in [4.78, 5) is 0. The van der Waals surface area contributed by atoms with Crippen LogP contribution in [0.3, 0.4) is 0 Å². The van der Waals surface area contributed by atoms with Gasteiger partial charge in [0.25, 0.3) is 0 Å². The Balaban J connectivity index is 2.05. The van der Waals surface area contributed by atoms with Crippen molar-refractivity contribution >= 4 is 44.1 Å². The predicted octanol–water partition coefficient (Wildman–Crippen LogP) is 7.75. The van der Waals surface area contributed by atoms with E-state index in [4.69, 9.17) is 8.51 Å². The molecule has 2 unspecified atom stereocenters. The molecule has 0 aromatic heterocycles. The Labute approximate surface area is 170 Å². The minimum atomic E-state index is -3.84.